The smallest absolute Gasteiger partial charge is 0.0133 e. The second-order valence-electron chi connectivity index (χ2n) is 5.29. The molecule has 0 aromatic heterocycles. The lowest BCUT2D eigenvalue weighted by Crippen LogP contribution is -2.29. The maximum atomic E-state index is 3.89. The van der Waals surface area contributed by atoms with Crippen molar-refractivity contribution < 1.29 is 0 Å². The molecule has 3 rings (SSSR count). The molecule has 13 heavy (non-hydrogen) atoms. The van der Waals surface area contributed by atoms with Crippen LogP contribution in [0.5, 0.6) is 0 Å². The van der Waals surface area contributed by atoms with Crippen molar-refractivity contribution in [3.63, 3.8) is 0 Å². The van der Waals surface area contributed by atoms with E-state index in [1.54, 1.807) is 0 Å². The quantitative estimate of drug-likeness (QED) is 0.687. The average molecular weight is 179 g/mol. The van der Waals surface area contributed by atoms with Gasteiger partial charge in [-0.05, 0) is 37.5 Å². The fourth-order valence-corrected chi connectivity index (χ4v) is 3.60. The number of rotatable bonds is 2. The van der Waals surface area contributed by atoms with Gasteiger partial charge in [0.2, 0.25) is 0 Å². The van der Waals surface area contributed by atoms with E-state index in [1.807, 2.05) is 0 Å². The molecule has 3 aliphatic rings. The molecule has 0 amide bonds. The van der Waals surface area contributed by atoms with Crippen molar-refractivity contribution in [1.82, 2.24) is 5.32 Å². The van der Waals surface area contributed by atoms with Gasteiger partial charge >= 0.3 is 0 Å². The highest BCUT2D eigenvalue weighted by Gasteiger charge is 2.50. The summed E-state index contributed by atoms with van der Waals surface area (Å²) in [5.41, 5.74) is 0. The van der Waals surface area contributed by atoms with Gasteiger partial charge in [0.25, 0.3) is 0 Å². The van der Waals surface area contributed by atoms with Gasteiger partial charge in [0.15, 0.2) is 0 Å². The highest BCUT2D eigenvalue weighted by Crippen LogP contribution is 2.50. The summed E-state index contributed by atoms with van der Waals surface area (Å²) in [6, 6.07) is 1.85. The Hall–Kier alpha value is -0.0400. The second-order valence-corrected chi connectivity index (χ2v) is 5.29. The molecular formula is C12H21N. The first-order valence-electron chi connectivity index (χ1n) is 6.21. The summed E-state index contributed by atoms with van der Waals surface area (Å²) in [5.74, 6) is 2.18. The fraction of sp³-hybridized carbons (Fsp3) is 1.00. The van der Waals surface area contributed by atoms with Crippen LogP contribution >= 0.6 is 0 Å². The van der Waals surface area contributed by atoms with Gasteiger partial charge in [-0.15, -0.1) is 0 Å². The third-order valence-corrected chi connectivity index (χ3v) is 4.44. The molecular weight excluding hydrogens is 158 g/mol. The molecule has 2 atom stereocenters. The Balaban J connectivity index is 1.51. The first kappa shape index (κ1) is 8.28. The normalized spacial score (nSPS) is 44.8. The van der Waals surface area contributed by atoms with Crippen LogP contribution in [0.3, 0.4) is 0 Å². The fourth-order valence-electron chi connectivity index (χ4n) is 3.60. The molecule has 0 radical (unpaired) electrons. The lowest BCUT2D eigenvalue weighted by atomic mass is 10.0. The molecule has 0 saturated heterocycles. The molecule has 3 aliphatic carbocycles. The van der Waals surface area contributed by atoms with E-state index in [0.29, 0.717) is 0 Å². The second kappa shape index (κ2) is 3.27. The summed E-state index contributed by atoms with van der Waals surface area (Å²) in [6.45, 7) is 0. The van der Waals surface area contributed by atoms with Crippen LogP contribution in [-0.2, 0) is 0 Å². The first-order chi connectivity index (χ1) is 6.45. The van der Waals surface area contributed by atoms with E-state index >= 15 is 0 Å². The monoisotopic (exact) mass is 179 g/mol. The van der Waals surface area contributed by atoms with Crippen LogP contribution in [0, 0.1) is 11.8 Å². The molecule has 2 unspecified atom stereocenters. The predicted molar refractivity (Wildman–Crippen MR) is 54.6 cm³/mol. The van der Waals surface area contributed by atoms with Gasteiger partial charge in [-0.3, -0.25) is 0 Å². The molecule has 1 nitrogen and oxygen atoms in total. The Bertz CT molecular complexity index is 172. The minimum Gasteiger partial charge on any atom is -0.311 e. The zero-order valence-corrected chi connectivity index (χ0v) is 8.47. The van der Waals surface area contributed by atoms with Crippen LogP contribution in [0.1, 0.15) is 51.4 Å². The number of hydrogen-bond donors (Lipinski definition) is 1. The van der Waals surface area contributed by atoms with Gasteiger partial charge in [0.1, 0.15) is 0 Å². The molecule has 0 aromatic carbocycles. The van der Waals surface area contributed by atoms with E-state index < -0.39 is 0 Å². The van der Waals surface area contributed by atoms with Crippen molar-refractivity contribution in [2.75, 3.05) is 0 Å². The molecule has 0 aromatic rings. The van der Waals surface area contributed by atoms with E-state index in [1.165, 1.54) is 51.4 Å². The maximum absolute atomic E-state index is 3.89. The summed E-state index contributed by atoms with van der Waals surface area (Å²) in [4.78, 5) is 0. The van der Waals surface area contributed by atoms with Gasteiger partial charge in [0.05, 0.1) is 0 Å². The van der Waals surface area contributed by atoms with Gasteiger partial charge in [0, 0.05) is 12.1 Å². The molecule has 0 heterocycles. The van der Waals surface area contributed by atoms with Crippen molar-refractivity contribution in [2.24, 2.45) is 11.8 Å². The SMILES string of the molecule is C1CCC(NC2C3CCCCC32)C1. The van der Waals surface area contributed by atoms with Crippen LogP contribution in [-0.4, -0.2) is 12.1 Å². The Morgan fingerprint density at radius 2 is 1.23 bits per heavy atom. The topological polar surface area (TPSA) is 12.0 Å². The van der Waals surface area contributed by atoms with Gasteiger partial charge < -0.3 is 5.32 Å². The molecule has 3 fully saturated rings. The van der Waals surface area contributed by atoms with Gasteiger partial charge in [-0.2, -0.15) is 0 Å². The number of fused-ring (bicyclic) bond motifs is 1. The van der Waals surface area contributed by atoms with Crippen molar-refractivity contribution >= 4 is 0 Å². The zero-order valence-electron chi connectivity index (χ0n) is 8.47. The maximum Gasteiger partial charge on any atom is 0.0133 e. The molecule has 0 bridgehead atoms. The minimum absolute atomic E-state index is 0.899. The van der Waals surface area contributed by atoms with E-state index in [-0.39, 0.29) is 0 Å². The summed E-state index contributed by atoms with van der Waals surface area (Å²) in [6.07, 6.45) is 11.9. The number of hydrogen-bond acceptors (Lipinski definition) is 1. The van der Waals surface area contributed by atoms with Crippen molar-refractivity contribution in [1.29, 1.82) is 0 Å². The lowest BCUT2D eigenvalue weighted by Gasteiger charge is -2.10. The Morgan fingerprint density at radius 3 is 1.85 bits per heavy atom. The lowest BCUT2D eigenvalue weighted by molar-refractivity contribution is 0.480. The minimum atomic E-state index is 0.899. The molecule has 1 heteroatoms. The van der Waals surface area contributed by atoms with Crippen LogP contribution in [0.25, 0.3) is 0 Å². The molecule has 0 spiro atoms. The molecule has 74 valence electrons. The van der Waals surface area contributed by atoms with E-state index in [2.05, 4.69) is 5.32 Å². The van der Waals surface area contributed by atoms with Crippen molar-refractivity contribution in [3.8, 4) is 0 Å². The Kier molecular flexibility index (Phi) is 2.08. The summed E-state index contributed by atoms with van der Waals surface area (Å²) >= 11 is 0. The van der Waals surface area contributed by atoms with Crippen LogP contribution in [0.2, 0.25) is 0 Å². The zero-order chi connectivity index (χ0) is 8.67. The van der Waals surface area contributed by atoms with E-state index in [4.69, 9.17) is 0 Å². The van der Waals surface area contributed by atoms with Crippen LogP contribution < -0.4 is 5.32 Å². The van der Waals surface area contributed by atoms with Crippen molar-refractivity contribution in [3.05, 3.63) is 0 Å². The third-order valence-electron chi connectivity index (χ3n) is 4.44. The summed E-state index contributed by atoms with van der Waals surface area (Å²) in [5, 5.41) is 3.89. The van der Waals surface area contributed by atoms with E-state index in [0.717, 1.165) is 23.9 Å². The largest absolute Gasteiger partial charge is 0.311 e. The molecule has 0 aliphatic heterocycles. The van der Waals surface area contributed by atoms with Gasteiger partial charge in [-0.1, -0.05) is 25.7 Å². The summed E-state index contributed by atoms with van der Waals surface area (Å²) in [7, 11) is 0. The predicted octanol–water partition coefficient (Wildman–Crippen LogP) is 2.71. The van der Waals surface area contributed by atoms with Crippen molar-refractivity contribution in [2.45, 2.75) is 63.5 Å². The standard InChI is InChI=1S/C12H21N/c1-2-6-9(5-1)13-12-10-7-3-4-8-11(10)12/h9-13H,1-8H2. The summed E-state index contributed by atoms with van der Waals surface area (Å²) < 4.78 is 0. The third kappa shape index (κ3) is 1.52. The Morgan fingerprint density at radius 1 is 0.692 bits per heavy atom. The molecule has 3 saturated carbocycles. The highest BCUT2D eigenvalue weighted by molar-refractivity contribution is 5.05. The molecule has 1 N–H and O–H groups in total. The van der Waals surface area contributed by atoms with Crippen LogP contribution in [0.4, 0.5) is 0 Å². The van der Waals surface area contributed by atoms with E-state index in [9.17, 15) is 0 Å². The average Bonchev–Trinajstić information content (AvgIpc) is 2.60. The number of nitrogens with one attached hydrogen (secondary N) is 1. The van der Waals surface area contributed by atoms with Gasteiger partial charge in [-0.25, -0.2) is 0 Å². The first-order valence-corrected chi connectivity index (χ1v) is 6.21. The highest BCUT2D eigenvalue weighted by atomic mass is 15.0. The Labute approximate surface area is 81.3 Å². The van der Waals surface area contributed by atoms with Crippen LogP contribution in [0.15, 0.2) is 0 Å².